The Bertz CT molecular complexity index is 538. The fraction of sp³-hybridized carbons (Fsp3) is 0.167. The lowest BCUT2D eigenvalue weighted by Gasteiger charge is -2.14. The van der Waals surface area contributed by atoms with Crippen LogP contribution in [0.4, 0.5) is 11.4 Å². The molecule has 0 atom stereocenters. The monoisotopic (exact) mass is 198 g/mol. The van der Waals surface area contributed by atoms with E-state index in [1.165, 1.54) is 0 Å². The van der Waals surface area contributed by atoms with Crippen LogP contribution in [0.5, 0.6) is 0 Å². The van der Waals surface area contributed by atoms with Gasteiger partial charge in [-0.2, -0.15) is 0 Å². The normalized spacial score (nSPS) is 9.93. The molecule has 0 saturated carbocycles. The zero-order valence-electron chi connectivity index (χ0n) is 8.81. The fourth-order valence-electron chi connectivity index (χ4n) is 1.74. The van der Waals surface area contributed by atoms with Crippen LogP contribution < -0.4 is 4.90 Å². The lowest BCUT2D eigenvalue weighted by Crippen LogP contribution is -2.08. The topological polar surface area (TPSA) is 31.4 Å². The van der Waals surface area contributed by atoms with E-state index in [1.54, 1.807) is 0 Å². The molecule has 3 nitrogen and oxygen atoms in total. The standard InChI is InChI=1S/C12H12N3/c1-15(2)12-8-7-11(14-13)9-5-3-4-6-10(9)12/h3-8H,1-2H3/q+1. The van der Waals surface area contributed by atoms with Crippen molar-refractivity contribution in [2.75, 3.05) is 19.0 Å². The number of fused-ring (bicyclic) bond motifs is 1. The molecule has 0 bridgehead atoms. The molecule has 0 amide bonds. The summed E-state index contributed by atoms with van der Waals surface area (Å²) in [6.07, 6.45) is 0. The highest BCUT2D eigenvalue weighted by atomic mass is 15.1. The van der Waals surface area contributed by atoms with Crippen molar-refractivity contribution in [3.05, 3.63) is 41.4 Å². The molecule has 0 saturated heterocycles. The van der Waals surface area contributed by atoms with Gasteiger partial charge in [0.1, 0.15) is 0 Å². The molecule has 0 aliphatic rings. The predicted octanol–water partition coefficient (Wildman–Crippen LogP) is 3.39. The first-order chi connectivity index (χ1) is 7.24. The summed E-state index contributed by atoms with van der Waals surface area (Å²) < 4.78 is 0. The smallest absolute Gasteiger partial charge is 0.377 e. The maximum Gasteiger partial charge on any atom is 0.392 e. The Hall–Kier alpha value is -2.08. The number of rotatable bonds is 1. The van der Waals surface area contributed by atoms with E-state index in [0.717, 1.165) is 16.5 Å². The minimum Gasteiger partial charge on any atom is -0.377 e. The highest BCUT2D eigenvalue weighted by Gasteiger charge is 2.13. The van der Waals surface area contributed by atoms with Gasteiger partial charge in [-0.15, -0.1) is 0 Å². The van der Waals surface area contributed by atoms with E-state index in [-0.39, 0.29) is 0 Å². The molecule has 0 spiro atoms. The van der Waals surface area contributed by atoms with Gasteiger partial charge in [-0.3, -0.25) is 0 Å². The molecule has 0 radical (unpaired) electrons. The summed E-state index contributed by atoms with van der Waals surface area (Å²) in [5.74, 6) is 0. The lowest BCUT2D eigenvalue weighted by atomic mass is 10.1. The van der Waals surface area contributed by atoms with Crippen LogP contribution in [0.1, 0.15) is 0 Å². The molecule has 2 aromatic rings. The number of anilines is 1. The van der Waals surface area contributed by atoms with Gasteiger partial charge in [0.05, 0.1) is 5.39 Å². The molecule has 0 aliphatic heterocycles. The average molecular weight is 198 g/mol. The average Bonchev–Trinajstić information content (AvgIpc) is 2.27. The molecule has 2 aromatic carbocycles. The van der Waals surface area contributed by atoms with E-state index >= 15 is 0 Å². The second kappa shape index (κ2) is 3.58. The van der Waals surface area contributed by atoms with Crippen molar-refractivity contribution in [3.63, 3.8) is 0 Å². The molecule has 0 aromatic heterocycles. The van der Waals surface area contributed by atoms with Gasteiger partial charge >= 0.3 is 5.69 Å². The zero-order valence-corrected chi connectivity index (χ0v) is 8.81. The largest absolute Gasteiger partial charge is 0.392 e. The van der Waals surface area contributed by atoms with Gasteiger partial charge in [-0.05, 0) is 12.1 Å². The van der Waals surface area contributed by atoms with Crippen LogP contribution in [-0.4, -0.2) is 14.1 Å². The van der Waals surface area contributed by atoms with Crippen molar-refractivity contribution < 1.29 is 0 Å². The van der Waals surface area contributed by atoms with Gasteiger partial charge in [0.15, 0.2) is 4.98 Å². The van der Waals surface area contributed by atoms with Crippen LogP contribution in [0.3, 0.4) is 0 Å². The Morgan fingerprint density at radius 2 is 1.67 bits per heavy atom. The predicted molar refractivity (Wildman–Crippen MR) is 63.0 cm³/mol. The maximum atomic E-state index is 8.88. The summed E-state index contributed by atoms with van der Waals surface area (Å²) in [5, 5.41) is 10.9. The molecular formula is C12H12N3+. The minimum atomic E-state index is 0.608. The summed E-state index contributed by atoms with van der Waals surface area (Å²) in [4.78, 5) is 5.33. The number of hydrogen-bond acceptors (Lipinski definition) is 2. The SMILES string of the molecule is CN(C)c1ccc([N+]#N)c2ccccc12. The molecule has 3 heteroatoms. The Morgan fingerprint density at radius 3 is 2.27 bits per heavy atom. The van der Waals surface area contributed by atoms with Crippen LogP contribution in [0.15, 0.2) is 36.4 Å². The first-order valence-corrected chi connectivity index (χ1v) is 4.78. The van der Waals surface area contributed by atoms with Crippen molar-refractivity contribution in [2.45, 2.75) is 0 Å². The van der Waals surface area contributed by atoms with Crippen molar-refractivity contribution >= 4 is 22.1 Å². The molecule has 0 fully saturated rings. The fourth-order valence-corrected chi connectivity index (χ4v) is 1.74. The first-order valence-electron chi connectivity index (χ1n) is 4.78. The van der Waals surface area contributed by atoms with Gasteiger partial charge in [-0.25, -0.2) is 0 Å². The number of benzene rings is 2. The first kappa shape index (κ1) is 9.47. The van der Waals surface area contributed by atoms with E-state index in [1.807, 2.05) is 55.4 Å². The van der Waals surface area contributed by atoms with E-state index < -0.39 is 0 Å². The molecule has 15 heavy (non-hydrogen) atoms. The molecule has 74 valence electrons. The molecule has 0 heterocycles. The summed E-state index contributed by atoms with van der Waals surface area (Å²) in [6, 6.07) is 11.7. The summed E-state index contributed by atoms with van der Waals surface area (Å²) in [6.45, 7) is 0. The van der Waals surface area contributed by atoms with Crippen molar-refractivity contribution in [2.24, 2.45) is 0 Å². The third-order valence-corrected chi connectivity index (χ3v) is 2.47. The van der Waals surface area contributed by atoms with Crippen LogP contribution in [0.25, 0.3) is 15.7 Å². The summed E-state index contributed by atoms with van der Waals surface area (Å²) in [5.41, 5.74) is 1.73. The van der Waals surface area contributed by atoms with Gasteiger partial charge < -0.3 is 4.90 Å². The van der Waals surface area contributed by atoms with Crippen LogP contribution in [0, 0.1) is 5.39 Å². The Balaban J connectivity index is 2.85. The summed E-state index contributed by atoms with van der Waals surface area (Å²) in [7, 11) is 4.00. The molecular weight excluding hydrogens is 186 g/mol. The van der Waals surface area contributed by atoms with Crippen LogP contribution in [0.2, 0.25) is 0 Å². The van der Waals surface area contributed by atoms with Crippen LogP contribution >= 0.6 is 0 Å². The molecule has 2 rings (SSSR count). The van der Waals surface area contributed by atoms with Crippen molar-refractivity contribution in [3.8, 4) is 0 Å². The third-order valence-electron chi connectivity index (χ3n) is 2.47. The van der Waals surface area contributed by atoms with Crippen molar-refractivity contribution in [1.82, 2.24) is 0 Å². The van der Waals surface area contributed by atoms with Gasteiger partial charge in [0, 0.05) is 31.2 Å². The lowest BCUT2D eigenvalue weighted by molar-refractivity contribution is 1.14. The third kappa shape index (κ3) is 1.50. The zero-order chi connectivity index (χ0) is 10.8. The Kier molecular flexibility index (Phi) is 2.26. The summed E-state index contributed by atoms with van der Waals surface area (Å²) >= 11 is 0. The Morgan fingerprint density at radius 1 is 1.00 bits per heavy atom. The second-order valence-electron chi connectivity index (χ2n) is 3.64. The van der Waals surface area contributed by atoms with Gasteiger partial charge in [0.25, 0.3) is 0 Å². The van der Waals surface area contributed by atoms with E-state index in [2.05, 4.69) is 4.98 Å². The van der Waals surface area contributed by atoms with E-state index in [0.29, 0.717) is 5.69 Å². The molecule has 0 unspecified atom stereocenters. The molecule has 0 aliphatic carbocycles. The van der Waals surface area contributed by atoms with Crippen LogP contribution in [-0.2, 0) is 0 Å². The van der Waals surface area contributed by atoms with Crippen molar-refractivity contribution in [1.29, 1.82) is 5.39 Å². The number of diazo groups is 1. The minimum absolute atomic E-state index is 0.608. The quantitative estimate of drug-likeness (QED) is 0.658. The maximum absolute atomic E-state index is 8.88. The van der Waals surface area contributed by atoms with Gasteiger partial charge in [0.2, 0.25) is 5.39 Å². The highest BCUT2D eigenvalue weighted by molar-refractivity contribution is 6.02. The second-order valence-corrected chi connectivity index (χ2v) is 3.64. The van der Waals surface area contributed by atoms with E-state index in [4.69, 9.17) is 5.39 Å². The number of hydrogen-bond donors (Lipinski definition) is 0. The molecule has 0 N–H and O–H groups in total. The van der Waals surface area contributed by atoms with E-state index in [9.17, 15) is 0 Å². The highest BCUT2D eigenvalue weighted by Crippen LogP contribution is 2.32. The number of nitrogens with zero attached hydrogens (tertiary/aromatic N) is 3. The Labute approximate surface area is 88.6 Å². The van der Waals surface area contributed by atoms with Gasteiger partial charge in [-0.1, -0.05) is 18.2 Å².